The van der Waals surface area contributed by atoms with Gasteiger partial charge in [0.1, 0.15) is 12.4 Å². The van der Waals surface area contributed by atoms with Crippen molar-refractivity contribution in [1.82, 2.24) is 14.8 Å². The van der Waals surface area contributed by atoms with E-state index in [0.29, 0.717) is 22.4 Å². The second kappa shape index (κ2) is 6.65. The van der Waals surface area contributed by atoms with Gasteiger partial charge in [0.2, 0.25) is 11.2 Å². The molecule has 0 saturated carbocycles. The number of amides is 1. The van der Waals surface area contributed by atoms with Gasteiger partial charge in [-0.25, -0.2) is 4.98 Å². The normalized spacial score (nSPS) is 15.5. The molecule has 0 spiro atoms. The summed E-state index contributed by atoms with van der Waals surface area (Å²) < 4.78 is 14.1. The van der Waals surface area contributed by atoms with E-state index >= 15 is 0 Å². The first kappa shape index (κ1) is 16.8. The van der Waals surface area contributed by atoms with Gasteiger partial charge in [-0.15, -0.1) is 0 Å². The molecule has 0 bridgehead atoms. The van der Waals surface area contributed by atoms with Crippen LogP contribution in [0.1, 0.15) is 5.69 Å². The van der Waals surface area contributed by atoms with E-state index in [4.69, 9.17) is 9.47 Å². The minimum atomic E-state index is -0.742. The molecule has 1 amide bonds. The van der Waals surface area contributed by atoms with E-state index < -0.39 is 6.10 Å². The number of carbonyl (C=O) groups is 1. The summed E-state index contributed by atoms with van der Waals surface area (Å²) in [6.45, 7) is 2.02. The number of aryl methyl sites for hydroxylation is 1. The number of nitrogens with zero attached hydrogens (tertiary/aromatic N) is 3. The number of carbonyl (C=O) groups excluding carboxylic acids is 1. The van der Waals surface area contributed by atoms with Crippen molar-refractivity contribution in [2.75, 3.05) is 11.9 Å². The van der Waals surface area contributed by atoms with E-state index in [0.717, 1.165) is 15.9 Å². The van der Waals surface area contributed by atoms with Gasteiger partial charge in [-0.1, -0.05) is 35.6 Å². The zero-order chi connectivity index (χ0) is 19.1. The second-order valence-electron chi connectivity index (χ2n) is 6.40. The van der Waals surface area contributed by atoms with Crippen molar-refractivity contribution in [2.45, 2.75) is 13.0 Å². The first-order chi connectivity index (χ1) is 13.7. The van der Waals surface area contributed by atoms with Gasteiger partial charge in [0.25, 0.3) is 5.91 Å². The Labute approximate surface area is 164 Å². The van der Waals surface area contributed by atoms with Crippen LogP contribution in [0.3, 0.4) is 0 Å². The molecule has 5 rings (SSSR count). The quantitative estimate of drug-likeness (QED) is 0.577. The monoisotopic (exact) mass is 392 g/mol. The highest BCUT2D eigenvalue weighted by Crippen LogP contribution is 2.31. The number of benzene rings is 2. The highest BCUT2D eigenvalue weighted by Gasteiger charge is 2.28. The largest absolute Gasteiger partial charge is 0.485 e. The van der Waals surface area contributed by atoms with Crippen LogP contribution in [0.4, 0.5) is 5.82 Å². The molecule has 28 heavy (non-hydrogen) atoms. The molecule has 8 heteroatoms. The fourth-order valence-electron chi connectivity index (χ4n) is 3.04. The Hall–Kier alpha value is -3.39. The summed E-state index contributed by atoms with van der Waals surface area (Å²) >= 11 is 1.51. The molecule has 3 heterocycles. The lowest BCUT2D eigenvalue weighted by atomic mass is 10.2. The number of anilines is 1. The van der Waals surface area contributed by atoms with Gasteiger partial charge in [0, 0.05) is 6.07 Å². The van der Waals surface area contributed by atoms with E-state index in [-0.39, 0.29) is 12.5 Å². The van der Waals surface area contributed by atoms with Gasteiger partial charge in [0.15, 0.2) is 11.5 Å². The third kappa shape index (κ3) is 2.97. The fraction of sp³-hybridized carbons (Fsp3) is 0.150. The maximum Gasteiger partial charge on any atom is 0.270 e. The van der Waals surface area contributed by atoms with E-state index in [1.165, 1.54) is 11.3 Å². The van der Waals surface area contributed by atoms with Crippen LogP contribution < -0.4 is 14.8 Å². The lowest BCUT2D eigenvalue weighted by Crippen LogP contribution is -2.40. The van der Waals surface area contributed by atoms with E-state index in [2.05, 4.69) is 15.4 Å². The summed E-state index contributed by atoms with van der Waals surface area (Å²) in [5.74, 6) is 1.45. The molecular formula is C20H16N4O3S. The van der Waals surface area contributed by atoms with Crippen LogP contribution in [0, 0.1) is 6.92 Å². The molecule has 140 valence electrons. The standard InChI is InChI=1S/C20H16N4O3S/c1-12-10-18(24(23-12)20-21-13-6-2-5-9-17(13)28-20)22-19(25)16-11-26-14-7-3-4-8-15(14)27-16/h2-10,16H,11H2,1H3,(H,22,25)/t16-/m1/s1. The van der Waals surface area contributed by atoms with E-state index in [1.54, 1.807) is 10.7 Å². The lowest BCUT2D eigenvalue weighted by molar-refractivity contribution is -0.125. The smallest absolute Gasteiger partial charge is 0.270 e. The van der Waals surface area contributed by atoms with Crippen molar-refractivity contribution < 1.29 is 14.3 Å². The predicted molar refractivity (Wildman–Crippen MR) is 106 cm³/mol. The molecule has 1 atom stereocenters. The number of hydrogen-bond donors (Lipinski definition) is 1. The molecule has 1 aliphatic rings. The van der Waals surface area contributed by atoms with Crippen LogP contribution in [0.25, 0.3) is 15.3 Å². The average molecular weight is 392 g/mol. The Morgan fingerprint density at radius 3 is 2.82 bits per heavy atom. The minimum Gasteiger partial charge on any atom is -0.485 e. The maximum atomic E-state index is 12.8. The van der Waals surface area contributed by atoms with Gasteiger partial charge in [-0.2, -0.15) is 9.78 Å². The number of fused-ring (bicyclic) bond motifs is 2. The van der Waals surface area contributed by atoms with Crippen molar-refractivity contribution in [3.8, 4) is 16.6 Å². The number of ether oxygens (including phenoxy) is 2. The number of hydrogen-bond acceptors (Lipinski definition) is 6. The number of aromatic nitrogens is 3. The van der Waals surface area contributed by atoms with Gasteiger partial charge in [0.05, 0.1) is 15.9 Å². The summed E-state index contributed by atoms with van der Waals surface area (Å²) in [4.78, 5) is 17.4. The summed E-state index contributed by atoms with van der Waals surface area (Å²) in [5, 5.41) is 8.08. The van der Waals surface area contributed by atoms with Gasteiger partial charge in [-0.05, 0) is 31.2 Å². The van der Waals surface area contributed by atoms with Crippen LogP contribution >= 0.6 is 11.3 Å². The van der Waals surface area contributed by atoms with Crippen molar-refractivity contribution in [3.05, 3.63) is 60.3 Å². The Morgan fingerprint density at radius 2 is 1.96 bits per heavy atom. The van der Waals surface area contributed by atoms with Gasteiger partial charge >= 0.3 is 0 Å². The van der Waals surface area contributed by atoms with Crippen molar-refractivity contribution in [1.29, 1.82) is 0 Å². The topological polar surface area (TPSA) is 78.3 Å². The molecule has 0 radical (unpaired) electrons. The zero-order valence-corrected chi connectivity index (χ0v) is 15.8. The SMILES string of the molecule is Cc1cc(NC(=O)[C@H]2COc3ccccc3O2)n(-c2nc3ccccc3s2)n1. The summed E-state index contributed by atoms with van der Waals surface area (Å²) in [6.07, 6.45) is -0.742. The number of thiazole rings is 1. The van der Waals surface area contributed by atoms with Crippen molar-refractivity contribution >= 4 is 33.3 Å². The van der Waals surface area contributed by atoms with Crippen LogP contribution in [0.2, 0.25) is 0 Å². The summed E-state index contributed by atoms with van der Waals surface area (Å²) in [6, 6.07) is 17.0. The van der Waals surface area contributed by atoms with Crippen molar-refractivity contribution in [3.63, 3.8) is 0 Å². The first-order valence-electron chi connectivity index (χ1n) is 8.79. The third-order valence-electron chi connectivity index (χ3n) is 4.35. The van der Waals surface area contributed by atoms with Crippen molar-refractivity contribution in [2.24, 2.45) is 0 Å². The fourth-order valence-corrected chi connectivity index (χ4v) is 3.97. The molecule has 0 aliphatic carbocycles. The van der Waals surface area contributed by atoms with Crippen LogP contribution in [0.5, 0.6) is 11.5 Å². The second-order valence-corrected chi connectivity index (χ2v) is 7.41. The maximum absolute atomic E-state index is 12.8. The molecule has 7 nitrogen and oxygen atoms in total. The Bertz CT molecular complexity index is 1150. The average Bonchev–Trinajstić information content (AvgIpc) is 3.30. The minimum absolute atomic E-state index is 0.150. The van der Waals surface area contributed by atoms with Crippen LogP contribution in [0.15, 0.2) is 54.6 Å². The van der Waals surface area contributed by atoms with E-state index in [9.17, 15) is 4.79 Å². The molecule has 0 saturated heterocycles. The molecular weight excluding hydrogens is 376 g/mol. The first-order valence-corrected chi connectivity index (χ1v) is 9.61. The molecule has 0 unspecified atom stereocenters. The highest BCUT2D eigenvalue weighted by atomic mass is 32.1. The van der Waals surface area contributed by atoms with Crippen LogP contribution in [-0.2, 0) is 4.79 Å². The third-order valence-corrected chi connectivity index (χ3v) is 5.36. The molecule has 2 aromatic carbocycles. The number of rotatable bonds is 3. The molecule has 4 aromatic rings. The van der Waals surface area contributed by atoms with E-state index in [1.807, 2.05) is 55.5 Å². The highest BCUT2D eigenvalue weighted by molar-refractivity contribution is 7.20. The van der Waals surface area contributed by atoms with Gasteiger partial charge in [-0.3, -0.25) is 4.79 Å². The zero-order valence-electron chi connectivity index (χ0n) is 15.0. The Morgan fingerprint density at radius 1 is 1.18 bits per heavy atom. The molecule has 1 N–H and O–H groups in total. The molecule has 2 aromatic heterocycles. The predicted octanol–water partition coefficient (Wildman–Crippen LogP) is 3.57. The summed E-state index contributed by atoms with van der Waals surface area (Å²) in [7, 11) is 0. The summed E-state index contributed by atoms with van der Waals surface area (Å²) in [5.41, 5.74) is 1.68. The van der Waals surface area contributed by atoms with Crippen LogP contribution in [-0.4, -0.2) is 33.4 Å². The number of para-hydroxylation sites is 3. The Balaban J connectivity index is 1.41. The lowest BCUT2D eigenvalue weighted by Gasteiger charge is -2.25. The Kier molecular flexibility index (Phi) is 3.98. The molecule has 0 fully saturated rings. The van der Waals surface area contributed by atoms with Gasteiger partial charge < -0.3 is 14.8 Å². The number of nitrogens with one attached hydrogen (secondary N) is 1. The molecule has 1 aliphatic heterocycles.